The molecule has 2 aromatic rings. The van der Waals surface area contributed by atoms with Crippen LogP contribution in [0.15, 0.2) is 29.0 Å². The van der Waals surface area contributed by atoms with Gasteiger partial charge in [0.15, 0.2) is 5.82 Å². The lowest BCUT2D eigenvalue weighted by molar-refractivity contribution is 0.502. The highest BCUT2D eigenvalue weighted by atomic mass is 35.5. The molecule has 0 bridgehead atoms. The molecule has 0 atom stereocenters. The second-order valence-corrected chi connectivity index (χ2v) is 3.52. The zero-order chi connectivity index (χ0) is 11.4. The van der Waals surface area contributed by atoms with Crippen LogP contribution in [0.3, 0.4) is 0 Å². The van der Waals surface area contributed by atoms with E-state index in [4.69, 9.17) is 16.0 Å². The van der Waals surface area contributed by atoms with Gasteiger partial charge in [0, 0.05) is 6.54 Å². The molecule has 0 N–H and O–H groups in total. The Balaban J connectivity index is 2.16. The van der Waals surface area contributed by atoms with E-state index in [2.05, 4.69) is 15.2 Å². The zero-order valence-electron chi connectivity index (χ0n) is 8.80. The Kier molecular flexibility index (Phi) is 3.36. The van der Waals surface area contributed by atoms with Crippen LogP contribution in [0.2, 0.25) is 5.28 Å². The quantitative estimate of drug-likeness (QED) is 0.817. The van der Waals surface area contributed by atoms with Gasteiger partial charge in [0.05, 0.1) is 19.0 Å². The number of halogens is 1. The van der Waals surface area contributed by atoms with E-state index in [0.717, 1.165) is 12.3 Å². The second-order valence-electron chi connectivity index (χ2n) is 3.18. The smallest absolute Gasteiger partial charge is 0.244 e. The summed E-state index contributed by atoms with van der Waals surface area (Å²) in [4.78, 5) is 6.10. The molecule has 0 unspecified atom stereocenters. The highest BCUT2D eigenvalue weighted by Gasteiger charge is 2.09. The van der Waals surface area contributed by atoms with Crippen LogP contribution >= 0.6 is 11.6 Å². The lowest BCUT2D eigenvalue weighted by Gasteiger charge is -2.19. The first kappa shape index (κ1) is 10.9. The van der Waals surface area contributed by atoms with Gasteiger partial charge < -0.3 is 9.32 Å². The van der Waals surface area contributed by atoms with Crippen molar-refractivity contribution < 1.29 is 4.42 Å². The molecular weight excluding hydrogens is 228 g/mol. The molecule has 0 aliphatic rings. The average molecular weight is 239 g/mol. The summed E-state index contributed by atoms with van der Waals surface area (Å²) in [6.45, 7) is 3.45. The van der Waals surface area contributed by atoms with Crippen molar-refractivity contribution >= 4 is 17.4 Å². The van der Waals surface area contributed by atoms with Crippen LogP contribution in [-0.2, 0) is 6.54 Å². The van der Waals surface area contributed by atoms with E-state index in [1.807, 2.05) is 24.0 Å². The van der Waals surface area contributed by atoms with Crippen molar-refractivity contribution in [2.45, 2.75) is 13.5 Å². The van der Waals surface area contributed by atoms with E-state index in [1.54, 1.807) is 12.5 Å². The number of rotatable bonds is 4. The third-order valence-corrected chi connectivity index (χ3v) is 2.31. The molecule has 0 amide bonds. The number of hydrogen-bond donors (Lipinski definition) is 0. The van der Waals surface area contributed by atoms with E-state index < -0.39 is 0 Å². The summed E-state index contributed by atoms with van der Waals surface area (Å²) < 4.78 is 5.28. The fraction of sp³-hybridized carbons (Fsp3) is 0.300. The molecule has 0 aliphatic carbocycles. The number of aromatic nitrogens is 3. The largest absolute Gasteiger partial charge is 0.467 e. The summed E-state index contributed by atoms with van der Waals surface area (Å²) in [6, 6.07) is 3.77. The van der Waals surface area contributed by atoms with Crippen LogP contribution in [0.4, 0.5) is 5.82 Å². The minimum Gasteiger partial charge on any atom is -0.467 e. The minimum absolute atomic E-state index is 0.149. The van der Waals surface area contributed by atoms with Crippen molar-refractivity contribution in [3.05, 3.63) is 35.6 Å². The summed E-state index contributed by atoms with van der Waals surface area (Å²) in [6.07, 6.45) is 3.23. The van der Waals surface area contributed by atoms with Crippen molar-refractivity contribution in [3.63, 3.8) is 0 Å². The number of anilines is 1. The first-order valence-electron chi connectivity index (χ1n) is 4.92. The van der Waals surface area contributed by atoms with Gasteiger partial charge in [-0.25, -0.2) is 0 Å². The first-order chi connectivity index (χ1) is 7.79. The van der Waals surface area contributed by atoms with Crippen molar-refractivity contribution in [1.29, 1.82) is 0 Å². The normalized spacial score (nSPS) is 10.4. The number of furan rings is 1. The van der Waals surface area contributed by atoms with Gasteiger partial charge >= 0.3 is 0 Å². The molecular formula is C10H11ClN4O. The van der Waals surface area contributed by atoms with E-state index in [9.17, 15) is 0 Å². The molecule has 84 valence electrons. The first-order valence-corrected chi connectivity index (χ1v) is 5.30. The lowest BCUT2D eigenvalue weighted by Crippen LogP contribution is -2.23. The maximum atomic E-state index is 5.69. The summed E-state index contributed by atoms with van der Waals surface area (Å²) in [5.74, 6) is 1.57. The second kappa shape index (κ2) is 4.94. The Morgan fingerprint density at radius 1 is 1.50 bits per heavy atom. The fourth-order valence-electron chi connectivity index (χ4n) is 1.37. The van der Waals surface area contributed by atoms with Gasteiger partial charge in [-0.15, -0.1) is 5.10 Å². The molecule has 2 aromatic heterocycles. The van der Waals surface area contributed by atoms with Crippen LogP contribution in [0.1, 0.15) is 12.7 Å². The molecule has 0 saturated carbocycles. The Morgan fingerprint density at radius 3 is 3.00 bits per heavy atom. The Labute approximate surface area is 98.1 Å². The molecule has 16 heavy (non-hydrogen) atoms. The van der Waals surface area contributed by atoms with Crippen LogP contribution in [0.5, 0.6) is 0 Å². The Morgan fingerprint density at radius 2 is 2.38 bits per heavy atom. The maximum Gasteiger partial charge on any atom is 0.244 e. The topological polar surface area (TPSA) is 55.1 Å². The van der Waals surface area contributed by atoms with Crippen LogP contribution in [0, 0.1) is 0 Å². The minimum atomic E-state index is 0.149. The highest BCUT2D eigenvalue weighted by Crippen LogP contribution is 2.14. The summed E-state index contributed by atoms with van der Waals surface area (Å²) in [7, 11) is 0. The average Bonchev–Trinajstić information content (AvgIpc) is 2.78. The van der Waals surface area contributed by atoms with Crippen molar-refractivity contribution in [3.8, 4) is 0 Å². The van der Waals surface area contributed by atoms with Gasteiger partial charge in [-0.1, -0.05) is 0 Å². The van der Waals surface area contributed by atoms with E-state index >= 15 is 0 Å². The third kappa shape index (κ3) is 2.49. The molecule has 5 nitrogen and oxygen atoms in total. The van der Waals surface area contributed by atoms with E-state index in [1.165, 1.54) is 0 Å². The fourth-order valence-corrected chi connectivity index (χ4v) is 1.50. The van der Waals surface area contributed by atoms with E-state index in [0.29, 0.717) is 12.4 Å². The zero-order valence-corrected chi connectivity index (χ0v) is 9.55. The highest BCUT2D eigenvalue weighted by molar-refractivity contribution is 6.28. The molecule has 6 heteroatoms. The molecule has 2 rings (SSSR count). The van der Waals surface area contributed by atoms with Gasteiger partial charge in [-0.2, -0.15) is 10.1 Å². The molecule has 0 fully saturated rings. The molecule has 2 heterocycles. The Bertz CT molecular complexity index is 446. The standard InChI is InChI=1S/C10H11ClN4O/c1-2-15(7-8-4-3-5-16-8)9-6-12-14-10(11)13-9/h3-6H,2,7H2,1H3. The van der Waals surface area contributed by atoms with E-state index in [-0.39, 0.29) is 5.28 Å². The summed E-state index contributed by atoms with van der Waals surface area (Å²) in [5.41, 5.74) is 0. The Hall–Kier alpha value is -1.62. The predicted molar refractivity (Wildman–Crippen MR) is 60.3 cm³/mol. The van der Waals surface area contributed by atoms with Crippen molar-refractivity contribution in [2.75, 3.05) is 11.4 Å². The summed E-state index contributed by atoms with van der Waals surface area (Å²) in [5, 5.41) is 7.52. The van der Waals surface area contributed by atoms with Crippen LogP contribution in [-0.4, -0.2) is 21.7 Å². The van der Waals surface area contributed by atoms with Crippen molar-refractivity contribution in [2.24, 2.45) is 0 Å². The number of hydrogen-bond acceptors (Lipinski definition) is 5. The van der Waals surface area contributed by atoms with Gasteiger partial charge in [0.1, 0.15) is 5.76 Å². The van der Waals surface area contributed by atoms with Crippen LogP contribution in [0.25, 0.3) is 0 Å². The lowest BCUT2D eigenvalue weighted by atomic mass is 10.4. The monoisotopic (exact) mass is 238 g/mol. The predicted octanol–water partition coefficient (Wildman–Crippen LogP) is 2.14. The van der Waals surface area contributed by atoms with Gasteiger partial charge in [0.25, 0.3) is 0 Å². The molecule has 0 aromatic carbocycles. The van der Waals surface area contributed by atoms with Gasteiger partial charge in [0.2, 0.25) is 5.28 Å². The summed E-state index contributed by atoms with van der Waals surface area (Å²) >= 11 is 5.69. The van der Waals surface area contributed by atoms with Gasteiger partial charge in [-0.05, 0) is 30.7 Å². The SMILES string of the molecule is CCN(Cc1ccco1)c1cnnc(Cl)n1. The molecule has 0 saturated heterocycles. The maximum absolute atomic E-state index is 5.69. The third-order valence-electron chi connectivity index (χ3n) is 2.15. The van der Waals surface area contributed by atoms with Crippen LogP contribution < -0.4 is 4.90 Å². The van der Waals surface area contributed by atoms with Crippen molar-refractivity contribution in [1.82, 2.24) is 15.2 Å². The molecule has 0 radical (unpaired) electrons. The molecule has 0 spiro atoms. The molecule has 0 aliphatic heterocycles. The number of nitrogens with zero attached hydrogens (tertiary/aromatic N) is 4. The van der Waals surface area contributed by atoms with Gasteiger partial charge in [-0.3, -0.25) is 0 Å².